The van der Waals surface area contributed by atoms with Crippen LogP contribution in [0.25, 0.3) is 0 Å². The van der Waals surface area contributed by atoms with E-state index in [1.807, 2.05) is 64.1 Å². The lowest BCUT2D eigenvalue weighted by Crippen LogP contribution is -2.58. The van der Waals surface area contributed by atoms with Crippen molar-refractivity contribution in [1.82, 2.24) is 36.8 Å². The molecule has 11 atom stereocenters. The molecule has 0 spiro atoms. The quantitative estimate of drug-likeness (QED) is 0.110. The smallest absolute Gasteiger partial charge is 0.327 e. The third-order valence-corrected chi connectivity index (χ3v) is 11.8. The van der Waals surface area contributed by atoms with Gasteiger partial charge in [0.05, 0.1) is 24.0 Å². The summed E-state index contributed by atoms with van der Waals surface area (Å²) in [5.41, 5.74) is 1.42. The van der Waals surface area contributed by atoms with Crippen LogP contribution in [0.2, 0.25) is 0 Å². The monoisotopic (exact) mass is 924 g/mol. The average Bonchev–Trinajstić information content (AvgIpc) is 3.27. The van der Waals surface area contributed by atoms with Crippen molar-refractivity contribution in [2.24, 2.45) is 23.7 Å². The molecule has 0 aliphatic carbocycles. The molecule has 2 rings (SSSR count). The van der Waals surface area contributed by atoms with Gasteiger partial charge in [-0.25, -0.2) is 9.59 Å². The second-order valence-electron chi connectivity index (χ2n) is 17.1. The maximum absolute atomic E-state index is 13.8. The first-order valence-corrected chi connectivity index (χ1v) is 22.1. The van der Waals surface area contributed by atoms with E-state index >= 15 is 0 Å². The van der Waals surface area contributed by atoms with E-state index in [1.165, 1.54) is 34.7 Å². The Morgan fingerprint density at radius 3 is 1.98 bits per heavy atom. The van der Waals surface area contributed by atoms with Crippen LogP contribution in [0.5, 0.6) is 0 Å². The molecule has 1 aromatic carbocycles. The van der Waals surface area contributed by atoms with Crippen molar-refractivity contribution >= 4 is 53.3 Å². The van der Waals surface area contributed by atoms with Crippen LogP contribution in [0.3, 0.4) is 0 Å². The Morgan fingerprint density at radius 1 is 0.818 bits per heavy atom. The van der Waals surface area contributed by atoms with E-state index in [0.717, 1.165) is 16.0 Å². The minimum atomic E-state index is -1.82. The Balaban J connectivity index is 2.59. The lowest BCUT2D eigenvalue weighted by molar-refractivity contribution is -0.146. The number of nitrogens with zero attached hydrogens (tertiary/aromatic N) is 1. The largest absolute Gasteiger partial charge is 0.480 e. The van der Waals surface area contributed by atoms with Crippen LogP contribution in [-0.4, -0.2) is 125 Å². The van der Waals surface area contributed by atoms with E-state index < -0.39 is 120 Å². The Labute approximate surface area is 387 Å². The van der Waals surface area contributed by atoms with Gasteiger partial charge >= 0.3 is 11.9 Å². The van der Waals surface area contributed by atoms with E-state index in [1.54, 1.807) is 19.3 Å². The molecule has 1 heterocycles. The van der Waals surface area contributed by atoms with Crippen LogP contribution in [0.4, 0.5) is 0 Å². The SMILES string of the molecule is C=C1C(=O)N[C@H](C)C(=O)N[C@@H](C[C@@H](C)CC)C(=O)N[C@@H](C(=O)O)[C@H](C)C(=O)N[C@@H](C)C(=O)N[C@@H](/C=C/C(C)=C/[C@H](C)[C@H](Cc2ccccc2)OC)[C@H](C)C(=O)N[C@@H](C(=O)O)CCC(=O)N1C. The van der Waals surface area contributed by atoms with Crippen molar-refractivity contribution in [3.63, 3.8) is 0 Å². The number of carbonyl (C=O) groups is 9. The van der Waals surface area contributed by atoms with Gasteiger partial charge in [-0.1, -0.05) is 102 Å². The standard InChI is InChI=1S/C47H69N7O12/c1-12-25(2)23-36-45(61)53-39(47(64)65)29(6)41(57)48-30(7)42(58)50-34(19-18-26(3)22-27(4)37(66-11)24-33-16-14-13-15-17-33)28(5)40(56)51-35(46(62)63)20-21-38(55)54(10)32(9)44(60)49-31(8)43(59)52-36/h13-19,22,25,27-31,34-37,39H,9,12,20-21,23-24H2,1-8,10-11H3,(H,48,57)(H,49,60)(H,50,58)(H,51,56)(H,52,59)(H,53,61)(H,62,63)(H,64,65)/b19-18+,26-22+/t25-,27-,28-,29-,30-,31+,34-,35+,36-,37-,39+/m0/s1. The van der Waals surface area contributed by atoms with Gasteiger partial charge in [0.2, 0.25) is 35.4 Å². The topological polar surface area (TPSA) is 279 Å². The zero-order valence-corrected chi connectivity index (χ0v) is 39.6. The van der Waals surface area contributed by atoms with E-state index in [2.05, 4.69) is 38.5 Å². The molecule has 0 aromatic heterocycles. The van der Waals surface area contributed by atoms with Gasteiger partial charge in [0.1, 0.15) is 35.9 Å². The van der Waals surface area contributed by atoms with Gasteiger partial charge in [0.15, 0.2) is 0 Å². The summed E-state index contributed by atoms with van der Waals surface area (Å²) in [5, 5.41) is 35.1. The first-order valence-electron chi connectivity index (χ1n) is 22.1. The molecule has 1 fully saturated rings. The molecule has 19 nitrogen and oxygen atoms in total. The lowest BCUT2D eigenvalue weighted by atomic mass is 9.94. The number of carboxylic acid groups (broad SMARTS) is 2. The molecule has 364 valence electrons. The number of hydrogen-bond donors (Lipinski definition) is 8. The minimum Gasteiger partial charge on any atom is -0.480 e. The fraction of sp³-hybridized carbons (Fsp3) is 0.553. The maximum Gasteiger partial charge on any atom is 0.327 e. The Morgan fingerprint density at radius 2 is 1.41 bits per heavy atom. The van der Waals surface area contributed by atoms with Gasteiger partial charge in [-0.3, -0.25) is 33.6 Å². The number of carbonyl (C=O) groups excluding carboxylic acids is 7. The molecule has 0 saturated carbocycles. The second-order valence-corrected chi connectivity index (χ2v) is 17.1. The molecule has 1 saturated heterocycles. The normalized spacial score (nSPS) is 26.9. The van der Waals surface area contributed by atoms with Gasteiger partial charge in [0, 0.05) is 26.5 Å². The van der Waals surface area contributed by atoms with Crippen LogP contribution in [0, 0.1) is 23.7 Å². The highest BCUT2D eigenvalue weighted by Gasteiger charge is 2.37. The zero-order valence-electron chi connectivity index (χ0n) is 39.6. The summed E-state index contributed by atoms with van der Waals surface area (Å²) in [6, 6.07) is 1.36. The van der Waals surface area contributed by atoms with Gasteiger partial charge in [-0.05, 0) is 51.5 Å². The second kappa shape index (κ2) is 26.6. The number of nitrogens with one attached hydrogen (secondary N) is 6. The summed E-state index contributed by atoms with van der Waals surface area (Å²) in [5.74, 6) is -11.8. The van der Waals surface area contributed by atoms with Crippen molar-refractivity contribution in [3.8, 4) is 0 Å². The molecule has 1 aliphatic rings. The number of likely N-dealkylation sites (N-methyl/N-ethyl adjacent to an activating group) is 1. The number of methoxy groups -OCH3 is 1. The molecular weight excluding hydrogens is 855 g/mol. The van der Waals surface area contributed by atoms with Crippen LogP contribution in [0.15, 0.2) is 66.4 Å². The summed E-state index contributed by atoms with van der Waals surface area (Å²) >= 11 is 0. The molecular formula is C47H69N7O12. The van der Waals surface area contributed by atoms with Crippen molar-refractivity contribution in [3.05, 3.63) is 72.0 Å². The van der Waals surface area contributed by atoms with Crippen molar-refractivity contribution in [2.75, 3.05) is 14.2 Å². The number of amides is 7. The fourth-order valence-electron chi connectivity index (χ4n) is 6.91. The number of rotatable bonds is 12. The van der Waals surface area contributed by atoms with Crippen LogP contribution >= 0.6 is 0 Å². The Bertz CT molecular complexity index is 1990. The highest BCUT2D eigenvalue weighted by atomic mass is 16.5. The fourth-order valence-corrected chi connectivity index (χ4v) is 6.91. The van der Waals surface area contributed by atoms with E-state index in [-0.39, 0.29) is 24.4 Å². The molecule has 0 unspecified atom stereocenters. The molecule has 19 heteroatoms. The Hall–Kier alpha value is -6.37. The number of hydrogen-bond acceptors (Lipinski definition) is 10. The van der Waals surface area contributed by atoms with E-state index in [9.17, 15) is 53.4 Å². The van der Waals surface area contributed by atoms with Gasteiger partial charge in [-0.15, -0.1) is 0 Å². The van der Waals surface area contributed by atoms with Gasteiger partial charge < -0.3 is 51.8 Å². The van der Waals surface area contributed by atoms with Gasteiger partial charge in [0.25, 0.3) is 5.91 Å². The molecule has 0 bridgehead atoms. The van der Waals surface area contributed by atoms with Crippen molar-refractivity contribution in [2.45, 2.75) is 130 Å². The van der Waals surface area contributed by atoms with E-state index in [0.29, 0.717) is 12.8 Å². The average molecular weight is 924 g/mol. The van der Waals surface area contributed by atoms with Crippen LogP contribution in [0.1, 0.15) is 86.6 Å². The predicted octanol–water partition coefficient (Wildman–Crippen LogP) is 1.97. The number of ether oxygens (including phenoxy) is 1. The van der Waals surface area contributed by atoms with Crippen LogP contribution in [-0.2, 0) is 54.3 Å². The number of carboxylic acids is 2. The number of aliphatic carboxylic acids is 2. The van der Waals surface area contributed by atoms with Gasteiger partial charge in [-0.2, -0.15) is 0 Å². The molecule has 1 aromatic rings. The number of allylic oxidation sites excluding steroid dienone is 2. The third kappa shape index (κ3) is 17.2. The molecule has 1 aliphatic heterocycles. The first kappa shape index (κ1) is 55.8. The minimum absolute atomic E-state index is 0.0574. The highest BCUT2D eigenvalue weighted by molar-refractivity contribution is 6.00. The zero-order chi connectivity index (χ0) is 50.0. The predicted molar refractivity (Wildman–Crippen MR) is 245 cm³/mol. The lowest BCUT2D eigenvalue weighted by Gasteiger charge is -2.28. The molecule has 66 heavy (non-hydrogen) atoms. The maximum atomic E-state index is 13.8. The van der Waals surface area contributed by atoms with E-state index in [4.69, 9.17) is 4.74 Å². The summed E-state index contributed by atoms with van der Waals surface area (Å²) in [6.45, 7) is 16.4. The third-order valence-electron chi connectivity index (χ3n) is 11.8. The molecule has 7 amide bonds. The first-order chi connectivity index (χ1) is 30.9. The van der Waals surface area contributed by atoms with Crippen molar-refractivity contribution in [1.29, 1.82) is 0 Å². The Kier molecular flexibility index (Phi) is 22.4. The summed E-state index contributed by atoms with van der Waals surface area (Å²) in [7, 11) is 2.84. The molecule has 8 N–H and O–H groups in total. The van der Waals surface area contributed by atoms with Crippen LogP contribution < -0.4 is 31.9 Å². The summed E-state index contributed by atoms with van der Waals surface area (Å²) in [6.07, 6.45) is 5.39. The summed E-state index contributed by atoms with van der Waals surface area (Å²) in [4.78, 5) is 120. The molecule has 0 radical (unpaired) electrons. The number of benzene rings is 1. The summed E-state index contributed by atoms with van der Waals surface area (Å²) < 4.78 is 5.79. The van der Waals surface area contributed by atoms with Crippen molar-refractivity contribution < 1.29 is 58.1 Å². The highest BCUT2D eigenvalue weighted by Crippen LogP contribution is 2.19.